The van der Waals surface area contributed by atoms with Crippen molar-refractivity contribution in [2.24, 2.45) is 0 Å². The number of anilines is 1. The van der Waals surface area contributed by atoms with Crippen LogP contribution in [0.15, 0.2) is 23.8 Å². The molecule has 212 valence electrons. The molecular weight excluding hydrogens is 544 g/mol. The Morgan fingerprint density at radius 2 is 1.47 bits per heavy atom. The molecule has 38 heavy (non-hydrogen) atoms. The predicted octanol–water partition coefficient (Wildman–Crippen LogP) is 3.16. The molecule has 4 rings (SSSR count). The van der Waals surface area contributed by atoms with Gasteiger partial charge in [0.1, 0.15) is 12.1 Å². The van der Waals surface area contributed by atoms with Gasteiger partial charge in [0, 0.05) is 62.7 Å². The molecule has 0 unspecified atom stereocenters. The number of carboxylic acids is 2. The number of hydrogen-bond donors (Lipinski definition) is 2. The van der Waals surface area contributed by atoms with E-state index in [9.17, 15) is 26.3 Å². The number of halogens is 6. The van der Waals surface area contributed by atoms with Crippen LogP contribution in [0.25, 0.3) is 0 Å². The minimum Gasteiger partial charge on any atom is -0.475 e. The molecule has 1 saturated heterocycles. The average molecular weight is 572 g/mol. The molecule has 0 atom stereocenters. The summed E-state index contributed by atoms with van der Waals surface area (Å²) in [5.41, 5.74) is 2.64. The molecule has 0 spiro atoms. The van der Waals surface area contributed by atoms with Gasteiger partial charge in [-0.05, 0) is 24.9 Å². The van der Waals surface area contributed by atoms with Crippen molar-refractivity contribution in [3.63, 3.8) is 0 Å². The maximum Gasteiger partial charge on any atom is 0.490 e. The molecule has 1 fully saturated rings. The zero-order valence-corrected chi connectivity index (χ0v) is 21.1. The largest absolute Gasteiger partial charge is 0.490 e. The lowest BCUT2D eigenvalue weighted by molar-refractivity contribution is -0.193. The summed E-state index contributed by atoms with van der Waals surface area (Å²) in [7, 11) is 2.19. The number of aliphatic carboxylic acids is 2. The van der Waals surface area contributed by atoms with E-state index in [4.69, 9.17) is 19.8 Å². The number of fused-ring (bicyclic) bond motifs is 1. The fraction of sp³-hybridized carbons (Fsp3) is 0.545. The van der Waals surface area contributed by atoms with Gasteiger partial charge in [-0.1, -0.05) is 6.07 Å². The van der Waals surface area contributed by atoms with Crippen molar-refractivity contribution in [3.05, 3.63) is 40.0 Å². The van der Waals surface area contributed by atoms with Crippen LogP contribution in [0.5, 0.6) is 0 Å². The summed E-state index contributed by atoms with van der Waals surface area (Å²) in [6.07, 6.45) is -6.31. The quantitative estimate of drug-likeness (QED) is 0.537. The summed E-state index contributed by atoms with van der Waals surface area (Å²) in [5, 5.41) is 16.4. The molecule has 16 heteroatoms. The maximum atomic E-state index is 10.6. The highest BCUT2D eigenvalue weighted by molar-refractivity contribution is 7.09. The molecule has 9 nitrogen and oxygen atoms in total. The third kappa shape index (κ3) is 10.1. The topological polar surface area (TPSA) is 110 Å². The molecule has 0 amide bonds. The summed E-state index contributed by atoms with van der Waals surface area (Å²) in [5.74, 6) is -4.33. The van der Waals surface area contributed by atoms with Crippen LogP contribution in [0, 0.1) is 0 Å². The van der Waals surface area contributed by atoms with Gasteiger partial charge >= 0.3 is 24.3 Å². The molecule has 0 bridgehead atoms. The zero-order chi connectivity index (χ0) is 28.5. The van der Waals surface area contributed by atoms with E-state index in [1.165, 1.54) is 22.0 Å². The third-order valence-corrected chi connectivity index (χ3v) is 6.46. The van der Waals surface area contributed by atoms with Gasteiger partial charge in [-0.3, -0.25) is 4.90 Å². The second-order valence-electron chi connectivity index (χ2n) is 8.37. The Morgan fingerprint density at radius 3 is 1.97 bits per heavy atom. The number of aromatic nitrogens is 2. The number of hydrogen-bond acceptors (Lipinski definition) is 8. The summed E-state index contributed by atoms with van der Waals surface area (Å²) in [6.45, 7) is 7.61. The van der Waals surface area contributed by atoms with E-state index in [-0.39, 0.29) is 0 Å². The third-order valence-electron chi connectivity index (χ3n) is 5.60. The van der Waals surface area contributed by atoms with Crippen LogP contribution in [0.3, 0.4) is 0 Å². The lowest BCUT2D eigenvalue weighted by Crippen LogP contribution is -2.45. The van der Waals surface area contributed by atoms with Crippen LogP contribution < -0.4 is 4.90 Å². The second-order valence-corrected chi connectivity index (χ2v) is 9.41. The monoisotopic (exact) mass is 571 g/mol. The summed E-state index contributed by atoms with van der Waals surface area (Å²) in [4.78, 5) is 35.9. The summed E-state index contributed by atoms with van der Waals surface area (Å²) < 4.78 is 63.5. The number of carboxylic acid groups (broad SMARTS) is 2. The maximum absolute atomic E-state index is 10.6. The predicted molar refractivity (Wildman–Crippen MR) is 126 cm³/mol. The number of thiophene rings is 1. The van der Waals surface area contributed by atoms with Gasteiger partial charge in [0.25, 0.3) is 0 Å². The van der Waals surface area contributed by atoms with Crippen molar-refractivity contribution >= 4 is 29.1 Å². The van der Waals surface area contributed by atoms with E-state index in [2.05, 4.69) is 49.2 Å². The highest BCUT2D eigenvalue weighted by Crippen LogP contribution is 2.25. The number of carbonyl (C=O) groups is 2. The lowest BCUT2D eigenvalue weighted by Gasteiger charge is -2.34. The van der Waals surface area contributed by atoms with Crippen LogP contribution in [-0.4, -0.2) is 101 Å². The summed E-state index contributed by atoms with van der Waals surface area (Å²) in [6, 6.07) is 4.38. The molecule has 2 aliphatic heterocycles. The minimum absolute atomic E-state index is 1.03. The van der Waals surface area contributed by atoms with Gasteiger partial charge in [-0.2, -0.15) is 26.3 Å². The molecule has 0 aromatic carbocycles. The Hall–Kier alpha value is -2.98. The Balaban J connectivity index is 0.000000301. The molecule has 2 aromatic rings. The van der Waals surface area contributed by atoms with Crippen molar-refractivity contribution in [1.29, 1.82) is 0 Å². The van der Waals surface area contributed by atoms with Gasteiger partial charge in [-0.15, -0.1) is 11.3 Å². The second kappa shape index (κ2) is 13.7. The molecule has 2 aromatic heterocycles. The van der Waals surface area contributed by atoms with Gasteiger partial charge in [0.2, 0.25) is 0 Å². The number of piperazine rings is 1. The van der Waals surface area contributed by atoms with E-state index in [1.807, 2.05) is 11.3 Å². The Kier molecular flexibility index (Phi) is 11.3. The molecular formula is C22H27F6N5O4S. The Labute approximate surface area is 218 Å². The lowest BCUT2D eigenvalue weighted by atomic mass is 10.1. The van der Waals surface area contributed by atoms with Gasteiger partial charge in [-0.25, -0.2) is 19.6 Å². The highest BCUT2D eigenvalue weighted by Gasteiger charge is 2.38. The molecule has 2 N–H and O–H groups in total. The smallest absolute Gasteiger partial charge is 0.475 e. The van der Waals surface area contributed by atoms with E-state index in [0.717, 1.165) is 58.7 Å². The molecule has 4 heterocycles. The number of likely N-dealkylation sites (N-methyl/N-ethyl adjacent to an activating group) is 1. The van der Waals surface area contributed by atoms with Crippen molar-refractivity contribution in [1.82, 2.24) is 19.8 Å². The number of alkyl halides is 6. The van der Waals surface area contributed by atoms with Crippen molar-refractivity contribution in [2.45, 2.75) is 31.7 Å². The van der Waals surface area contributed by atoms with Crippen LogP contribution in [0.4, 0.5) is 32.2 Å². The van der Waals surface area contributed by atoms with Crippen LogP contribution in [0.2, 0.25) is 0 Å². The standard InChI is InChI=1S/C18H25N5S.2C2HF3O2/c1-21-8-10-23(11-9-21)18-16-4-6-22(13-15-3-2-12-24-15)7-5-17(16)19-14-20-18;2*3-2(4,5)1(6)7/h2-3,12,14H,4-11,13H2,1H3;2*(H,6,7). The highest BCUT2D eigenvalue weighted by atomic mass is 32.1. The van der Waals surface area contributed by atoms with E-state index in [0.29, 0.717) is 0 Å². The SMILES string of the molecule is CN1CCN(c2ncnc3c2CCN(Cc2cccs2)CC3)CC1.O=C(O)C(F)(F)F.O=C(O)C(F)(F)F. The molecule has 2 aliphatic rings. The van der Waals surface area contributed by atoms with Gasteiger partial charge in [0.05, 0.1) is 5.69 Å². The Morgan fingerprint density at radius 1 is 0.921 bits per heavy atom. The van der Waals surface area contributed by atoms with E-state index in [1.54, 1.807) is 6.33 Å². The van der Waals surface area contributed by atoms with Crippen LogP contribution in [-0.2, 0) is 29.0 Å². The van der Waals surface area contributed by atoms with Gasteiger partial charge < -0.3 is 20.0 Å². The fourth-order valence-electron chi connectivity index (χ4n) is 3.63. The number of nitrogens with zero attached hydrogens (tertiary/aromatic N) is 5. The van der Waals surface area contributed by atoms with E-state index >= 15 is 0 Å². The first kappa shape index (κ1) is 31.2. The van der Waals surface area contributed by atoms with Crippen LogP contribution >= 0.6 is 11.3 Å². The minimum atomic E-state index is -5.08. The molecule has 0 saturated carbocycles. The van der Waals surface area contributed by atoms with Crippen molar-refractivity contribution < 1.29 is 46.1 Å². The van der Waals surface area contributed by atoms with Crippen LogP contribution in [0.1, 0.15) is 16.1 Å². The van der Waals surface area contributed by atoms with Gasteiger partial charge in [0.15, 0.2) is 0 Å². The Bertz CT molecular complexity index is 1020. The van der Waals surface area contributed by atoms with Crippen molar-refractivity contribution in [2.75, 3.05) is 51.2 Å². The van der Waals surface area contributed by atoms with Crippen molar-refractivity contribution in [3.8, 4) is 0 Å². The average Bonchev–Trinajstić information content (AvgIpc) is 3.25. The first-order valence-electron chi connectivity index (χ1n) is 11.3. The zero-order valence-electron chi connectivity index (χ0n) is 20.3. The first-order valence-corrected chi connectivity index (χ1v) is 12.2. The number of rotatable bonds is 3. The normalized spacial score (nSPS) is 16.8. The van der Waals surface area contributed by atoms with E-state index < -0.39 is 24.3 Å². The molecule has 0 aliphatic carbocycles. The summed E-state index contributed by atoms with van der Waals surface area (Å²) >= 11 is 1.85. The fourth-order valence-corrected chi connectivity index (χ4v) is 4.37. The molecule has 0 radical (unpaired) electrons. The first-order chi connectivity index (χ1) is 17.7.